The van der Waals surface area contributed by atoms with E-state index in [1.807, 2.05) is 6.07 Å². The maximum Gasteiger partial charge on any atom is 0.319 e. The van der Waals surface area contributed by atoms with Gasteiger partial charge in [-0.15, -0.1) is 11.3 Å². The molecule has 4 aliphatic heterocycles. The van der Waals surface area contributed by atoms with Gasteiger partial charge >= 0.3 is 6.01 Å². The predicted molar refractivity (Wildman–Crippen MR) is 174 cm³/mol. The van der Waals surface area contributed by atoms with Gasteiger partial charge in [0.25, 0.3) is 0 Å². The molecule has 0 saturated carbocycles. The highest BCUT2D eigenvalue weighted by atomic mass is 35.5. The normalized spacial score (nSPS) is 26.4. The molecule has 46 heavy (non-hydrogen) atoms. The minimum atomic E-state index is -0.916. The second kappa shape index (κ2) is 11.1. The van der Waals surface area contributed by atoms with E-state index in [0.717, 1.165) is 76.2 Å². The van der Waals surface area contributed by atoms with Crippen molar-refractivity contribution in [3.63, 3.8) is 0 Å². The number of benzene rings is 2. The van der Waals surface area contributed by atoms with E-state index in [1.165, 1.54) is 12.1 Å². The molecule has 4 aromatic rings. The number of nitrogens with two attached hydrogens (primary N) is 1. The van der Waals surface area contributed by atoms with Gasteiger partial charge in [0.15, 0.2) is 5.82 Å². The van der Waals surface area contributed by atoms with Crippen molar-refractivity contribution in [1.82, 2.24) is 20.2 Å². The lowest BCUT2D eigenvalue weighted by Crippen LogP contribution is -2.45. The van der Waals surface area contributed by atoms with E-state index >= 15 is 4.39 Å². The SMILES string of the molecule is N#Cc1c(N)sc2c(F)ccc(-c3c(Cl)cc4c(N5CCCC6(CCNC6)C5)nc(OC[C@@]56CCCN5C[C@H](F)C6)nc4c3F)c12. The Morgan fingerprint density at radius 1 is 1.20 bits per heavy atom. The van der Waals surface area contributed by atoms with Gasteiger partial charge in [-0.2, -0.15) is 15.2 Å². The zero-order chi connectivity index (χ0) is 31.8. The molecule has 8 rings (SSSR count). The molecule has 2 aromatic heterocycles. The van der Waals surface area contributed by atoms with E-state index < -0.39 is 23.3 Å². The van der Waals surface area contributed by atoms with Gasteiger partial charge in [0, 0.05) is 54.4 Å². The number of halogens is 4. The summed E-state index contributed by atoms with van der Waals surface area (Å²) in [5.74, 6) is -0.745. The maximum absolute atomic E-state index is 17.0. The van der Waals surface area contributed by atoms with Crippen molar-refractivity contribution in [2.45, 2.75) is 50.2 Å². The molecule has 0 bridgehead atoms. The topological polar surface area (TPSA) is 103 Å². The van der Waals surface area contributed by atoms with Gasteiger partial charge in [-0.1, -0.05) is 17.7 Å². The number of nitrogens with zero attached hydrogens (tertiary/aromatic N) is 5. The number of piperidine rings is 1. The number of thiophene rings is 1. The van der Waals surface area contributed by atoms with Crippen LogP contribution in [-0.4, -0.2) is 72.5 Å². The lowest BCUT2D eigenvalue weighted by molar-refractivity contribution is 0.107. The minimum absolute atomic E-state index is 0.00389. The van der Waals surface area contributed by atoms with E-state index in [2.05, 4.69) is 20.1 Å². The number of anilines is 2. The molecule has 0 aliphatic carbocycles. The molecule has 240 valence electrons. The second-order valence-electron chi connectivity index (χ2n) is 13.3. The Morgan fingerprint density at radius 3 is 2.85 bits per heavy atom. The van der Waals surface area contributed by atoms with Crippen LogP contribution in [0, 0.1) is 28.4 Å². The van der Waals surface area contributed by atoms with Gasteiger partial charge < -0.3 is 20.7 Å². The quantitative estimate of drug-likeness (QED) is 0.251. The van der Waals surface area contributed by atoms with E-state index in [4.69, 9.17) is 27.1 Å². The minimum Gasteiger partial charge on any atom is -0.461 e. The smallest absolute Gasteiger partial charge is 0.319 e. The van der Waals surface area contributed by atoms with E-state index in [1.54, 1.807) is 6.07 Å². The number of rotatable bonds is 5. The van der Waals surface area contributed by atoms with Crippen LogP contribution < -0.4 is 20.7 Å². The van der Waals surface area contributed by atoms with Crippen molar-refractivity contribution in [1.29, 1.82) is 5.26 Å². The first kappa shape index (κ1) is 30.0. The van der Waals surface area contributed by atoms with Crippen LogP contribution in [0.5, 0.6) is 6.01 Å². The second-order valence-corrected chi connectivity index (χ2v) is 14.8. The lowest BCUT2D eigenvalue weighted by Gasteiger charge is -2.41. The number of nitrogens with one attached hydrogen (secondary N) is 1. The molecule has 4 fully saturated rings. The van der Waals surface area contributed by atoms with Crippen LogP contribution in [0.4, 0.5) is 24.0 Å². The third-order valence-corrected chi connectivity index (χ3v) is 11.9. The number of nitriles is 1. The van der Waals surface area contributed by atoms with Crippen molar-refractivity contribution in [3.8, 4) is 23.2 Å². The monoisotopic (exact) mass is 667 g/mol. The number of hydrogen-bond donors (Lipinski definition) is 2. The fourth-order valence-corrected chi connectivity index (χ4v) is 9.64. The van der Waals surface area contributed by atoms with Crippen molar-refractivity contribution < 1.29 is 17.9 Å². The van der Waals surface area contributed by atoms with Crippen molar-refractivity contribution in [2.24, 2.45) is 5.41 Å². The first-order chi connectivity index (χ1) is 22.2. The zero-order valence-corrected chi connectivity index (χ0v) is 26.7. The van der Waals surface area contributed by atoms with Crippen LogP contribution in [0.2, 0.25) is 5.02 Å². The first-order valence-electron chi connectivity index (χ1n) is 15.8. The molecular weight excluding hydrogens is 635 g/mol. The van der Waals surface area contributed by atoms with Crippen LogP contribution >= 0.6 is 22.9 Å². The zero-order valence-electron chi connectivity index (χ0n) is 25.1. The molecule has 4 saturated heterocycles. The summed E-state index contributed by atoms with van der Waals surface area (Å²) in [6, 6.07) is 6.36. The van der Waals surface area contributed by atoms with Crippen LogP contribution in [0.3, 0.4) is 0 Å². The Labute approximate surface area is 273 Å². The van der Waals surface area contributed by atoms with E-state index in [0.29, 0.717) is 24.2 Å². The number of aromatic nitrogens is 2. The van der Waals surface area contributed by atoms with Gasteiger partial charge in [-0.25, -0.2) is 13.2 Å². The fourth-order valence-electron chi connectivity index (χ4n) is 8.40. The molecule has 2 aromatic carbocycles. The summed E-state index contributed by atoms with van der Waals surface area (Å²) in [5, 5.41) is 14.2. The molecule has 8 nitrogen and oxygen atoms in total. The highest BCUT2D eigenvalue weighted by Gasteiger charge is 2.49. The molecule has 6 heterocycles. The van der Waals surface area contributed by atoms with E-state index in [9.17, 15) is 14.0 Å². The summed E-state index contributed by atoms with van der Waals surface area (Å²) >= 11 is 7.82. The Kier molecular flexibility index (Phi) is 7.25. The maximum atomic E-state index is 17.0. The standard InChI is InChI=1S/C33H33ClF3N7OS/c34-22-11-20-27(26(37)25(22)19-3-4-23(36)28-24(19)21(13-38)29(39)46-28)41-31(45-17-33-6-2-10-44(33)14-18(35)12-33)42-30(20)43-9-1-5-32(16-43)7-8-40-15-32/h3-4,11,18,40H,1-2,5-10,12,14-17,39H2/t18-,32?,33+/m1/s1. The summed E-state index contributed by atoms with van der Waals surface area (Å²) in [7, 11) is 0. The summed E-state index contributed by atoms with van der Waals surface area (Å²) in [6.07, 6.45) is 4.34. The predicted octanol–water partition coefficient (Wildman–Crippen LogP) is 6.43. The van der Waals surface area contributed by atoms with Gasteiger partial charge in [0.2, 0.25) is 0 Å². The number of hydrogen-bond acceptors (Lipinski definition) is 9. The number of nitrogen functional groups attached to an aromatic ring is 1. The lowest BCUT2D eigenvalue weighted by atomic mass is 9.79. The number of fused-ring (bicyclic) bond motifs is 3. The Balaban J connectivity index is 1.29. The molecule has 1 spiro atoms. The number of alkyl halides is 1. The largest absolute Gasteiger partial charge is 0.461 e. The average Bonchev–Trinajstić information content (AvgIpc) is 3.80. The molecule has 0 amide bonds. The van der Waals surface area contributed by atoms with E-state index in [-0.39, 0.29) is 60.3 Å². The third kappa shape index (κ3) is 4.69. The van der Waals surface area contributed by atoms with Crippen molar-refractivity contribution in [2.75, 3.05) is 56.5 Å². The van der Waals surface area contributed by atoms with Crippen molar-refractivity contribution in [3.05, 3.63) is 40.4 Å². The average molecular weight is 668 g/mol. The third-order valence-electron chi connectivity index (χ3n) is 10.6. The number of ether oxygens (including phenoxy) is 1. The summed E-state index contributed by atoms with van der Waals surface area (Å²) in [6.45, 7) is 4.74. The Hall–Kier alpha value is -3.37. The summed E-state index contributed by atoms with van der Waals surface area (Å²) in [4.78, 5) is 13.8. The first-order valence-corrected chi connectivity index (χ1v) is 17.0. The Bertz CT molecular complexity index is 1930. The van der Waals surface area contributed by atoms with Gasteiger partial charge in [-0.3, -0.25) is 4.90 Å². The summed E-state index contributed by atoms with van der Waals surface area (Å²) < 4.78 is 52.8. The van der Waals surface area contributed by atoms with Gasteiger partial charge in [0.1, 0.15) is 41.0 Å². The fraction of sp³-hybridized carbons (Fsp3) is 0.485. The molecule has 3 N–H and O–H groups in total. The highest BCUT2D eigenvalue weighted by Crippen LogP contribution is 2.47. The molecular formula is C33H33ClF3N7OS. The van der Waals surface area contributed by atoms with Crippen LogP contribution in [0.15, 0.2) is 18.2 Å². The molecule has 1 unspecified atom stereocenters. The molecule has 0 radical (unpaired) electrons. The molecule has 13 heteroatoms. The van der Waals surface area contributed by atoms with Crippen LogP contribution in [-0.2, 0) is 0 Å². The van der Waals surface area contributed by atoms with Crippen LogP contribution in [0.25, 0.3) is 32.1 Å². The summed E-state index contributed by atoms with van der Waals surface area (Å²) in [5.41, 5.74) is 6.07. The Morgan fingerprint density at radius 2 is 2.04 bits per heavy atom. The molecule has 4 aliphatic rings. The van der Waals surface area contributed by atoms with Gasteiger partial charge in [-0.05, 0) is 62.9 Å². The highest BCUT2D eigenvalue weighted by molar-refractivity contribution is 7.23. The van der Waals surface area contributed by atoms with Crippen LogP contribution in [0.1, 0.15) is 44.1 Å². The van der Waals surface area contributed by atoms with Crippen molar-refractivity contribution >= 4 is 54.7 Å². The molecule has 3 atom stereocenters. The van der Waals surface area contributed by atoms with Gasteiger partial charge in [0.05, 0.1) is 20.8 Å².